The molecule has 20 heavy (non-hydrogen) atoms. The summed E-state index contributed by atoms with van der Waals surface area (Å²) in [7, 11) is 0. The molecule has 2 rings (SSSR count). The van der Waals surface area contributed by atoms with Gasteiger partial charge >= 0.3 is 0 Å². The molecule has 1 heterocycles. The summed E-state index contributed by atoms with van der Waals surface area (Å²) in [5.74, 6) is -1.61. The Morgan fingerprint density at radius 2 is 1.85 bits per heavy atom. The molecule has 1 aromatic carbocycles. The zero-order valence-corrected chi connectivity index (χ0v) is 11.1. The number of rotatable bonds is 5. The maximum Gasteiger partial charge on any atom is 0.257 e. The smallest absolute Gasteiger partial charge is 0.257 e. The monoisotopic (exact) mass is 286 g/mol. The standard InChI is InChI=1S/C14H10N2O3S/c17-9-11(16-15-10-5-2-1-3-6-10)13(18)14(19)12-7-4-8-20-12/h1-9,17H/b11-9+,16-15?. The minimum absolute atomic E-state index is 0.296. The van der Waals surface area contributed by atoms with Crippen molar-refractivity contribution < 1.29 is 14.7 Å². The second-order valence-electron chi connectivity index (χ2n) is 3.69. The summed E-state index contributed by atoms with van der Waals surface area (Å²) >= 11 is 1.15. The molecule has 1 N–H and O–H groups in total. The third-order valence-corrected chi connectivity index (χ3v) is 3.20. The molecule has 1 aromatic heterocycles. The van der Waals surface area contributed by atoms with Crippen LogP contribution in [0.25, 0.3) is 0 Å². The van der Waals surface area contributed by atoms with Crippen molar-refractivity contribution in [2.45, 2.75) is 0 Å². The molecule has 0 saturated carbocycles. The van der Waals surface area contributed by atoms with Crippen LogP contribution in [0.4, 0.5) is 5.69 Å². The zero-order valence-electron chi connectivity index (χ0n) is 10.3. The van der Waals surface area contributed by atoms with E-state index < -0.39 is 17.3 Å². The van der Waals surface area contributed by atoms with Gasteiger partial charge in [0.25, 0.3) is 5.78 Å². The molecule has 0 amide bonds. The predicted octanol–water partition coefficient (Wildman–Crippen LogP) is 3.68. The van der Waals surface area contributed by atoms with Crippen LogP contribution in [0.2, 0.25) is 0 Å². The first-order chi connectivity index (χ1) is 9.72. The SMILES string of the molecule is O=C(C(=O)c1cccs1)/C(=C\O)N=Nc1ccccc1. The molecule has 0 bridgehead atoms. The van der Waals surface area contributed by atoms with Crippen molar-refractivity contribution in [3.05, 3.63) is 64.7 Å². The van der Waals surface area contributed by atoms with E-state index in [4.69, 9.17) is 5.11 Å². The Hall–Kier alpha value is -2.60. The second kappa shape index (κ2) is 6.53. The Bertz CT molecular complexity index is 661. The Morgan fingerprint density at radius 3 is 2.45 bits per heavy atom. The van der Waals surface area contributed by atoms with Gasteiger partial charge in [-0.05, 0) is 23.6 Å². The van der Waals surface area contributed by atoms with Crippen LogP contribution < -0.4 is 0 Å². The topological polar surface area (TPSA) is 79.1 Å². The molecule has 0 spiro atoms. The van der Waals surface area contributed by atoms with Crippen LogP contribution in [0.5, 0.6) is 0 Å². The lowest BCUT2D eigenvalue weighted by molar-refractivity contribution is -0.112. The number of azo groups is 1. The summed E-state index contributed by atoms with van der Waals surface area (Å²) in [5, 5.41) is 18.1. The van der Waals surface area contributed by atoms with E-state index in [0.29, 0.717) is 16.8 Å². The van der Waals surface area contributed by atoms with Gasteiger partial charge in [0.05, 0.1) is 10.6 Å². The van der Waals surface area contributed by atoms with Crippen molar-refractivity contribution in [2.75, 3.05) is 0 Å². The molecular formula is C14H10N2O3S. The van der Waals surface area contributed by atoms with Gasteiger partial charge in [-0.3, -0.25) is 9.59 Å². The molecule has 0 unspecified atom stereocenters. The number of hydrogen-bond donors (Lipinski definition) is 1. The van der Waals surface area contributed by atoms with Crippen LogP contribution in [-0.4, -0.2) is 16.7 Å². The number of Topliss-reactive ketones (excluding diaryl/α,β-unsaturated/α-hetero) is 2. The lowest BCUT2D eigenvalue weighted by Gasteiger charge is -1.96. The predicted molar refractivity (Wildman–Crippen MR) is 75.3 cm³/mol. The molecular weight excluding hydrogens is 276 g/mol. The van der Waals surface area contributed by atoms with Crippen LogP contribution in [0.15, 0.2) is 70.0 Å². The van der Waals surface area contributed by atoms with Crippen molar-refractivity contribution in [3.8, 4) is 0 Å². The van der Waals surface area contributed by atoms with Crippen molar-refractivity contribution in [2.24, 2.45) is 10.2 Å². The van der Waals surface area contributed by atoms with Crippen molar-refractivity contribution >= 4 is 28.6 Å². The number of benzene rings is 1. The highest BCUT2D eigenvalue weighted by atomic mass is 32.1. The highest BCUT2D eigenvalue weighted by Gasteiger charge is 2.21. The number of thiophene rings is 1. The van der Waals surface area contributed by atoms with E-state index >= 15 is 0 Å². The molecule has 0 fully saturated rings. The number of hydrogen-bond acceptors (Lipinski definition) is 6. The number of ketones is 2. The fourth-order valence-corrected chi connectivity index (χ4v) is 2.03. The van der Waals surface area contributed by atoms with Crippen LogP contribution >= 0.6 is 11.3 Å². The first-order valence-corrected chi connectivity index (χ1v) is 6.54. The van der Waals surface area contributed by atoms with Gasteiger partial charge in [0.2, 0.25) is 5.78 Å². The van der Waals surface area contributed by atoms with Gasteiger partial charge in [-0.2, -0.15) is 5.11 Å². The Labute approximate surface area is 118 Å². The fraction of sp³-hybridized carbons (Fsp3) is 0. The largest absolute Gasteiger partial charge is 0.513 e. The van der Waals surface area contributed by atoms with Gasteiger partial charge in [0.15, 0.2) is 5.70 Å². The second-order valence-corrected chi connectivity index (χ2v) is 4.63. The van der Waals surface area contributed by atoms with Crippen LogP contribution in [0.1, 0.15) is 9.67 Å². The molecule has 2 aromatic rings. The molecule has 0 aliphatic rings. The minimum atomic E-state index is -0.894. The zero-order chi connectivity index (χ0) is 14.4. The van der Waals surface area contributed by atoms with E-state index in [1.54, 1.807) is 35.7 Å². The maximum atomic E-state index is 11.9. The van der Waals surface area contributed by atoms with E-state index in [-0.39, 0.29) is 0 Å². The molecule has 0 aliphatic carbocycles. The number of aliphatic hydroxyl groups excluding tert-OH is 1. The first-order valence-electron chi connectivity index (χ1n) is 5.66. The van der Waals surface area contributed by atoms with Gasteiger partial charge in [-0.25, -0.2) is 0 Å². The number of carbonyl (C=O) groups excluding carboxylic acids is 2. The first kappa shape index (κ1) is 13.8. The number of aliphatic hydroxyl groups is 1. The fourth-order valence-electron chi connectivity index (χ4n) is 1.37. The van der Waals surface area contributed by atoms with Crippen molar-refractivity contribution in [3.63, 3.8) is 0 Å². The molecule has 0 saturated heterocycles. The van der Waals surface area contributed by atoms with Gasteiger partial charge in [0.1, 0.15) is 6.26 Å². The van der Waals surface area contributed by atoms with E-state index in [9.17, 15) is 9.59 Å². The van der Waals surface area contributed by atoms with Gasteiger partial charge in [0, 0.05) is 0 Å². The third kappa shape index (κ3) is 3.24. The van der Waals surface area contributed by atoms with E-state index in [1.165, 1.54) is 6.07 Å². The number of carbonyl (C=O) groups is 2. The molecule has 0 atom stereocenters. The van der Waals surface area contributed by atoms with Gasteiger partial charge in [-0.15, -0.1) is 16.5 Å². The molecule has 5 nitrogen and oxygen atoms in total. The normalized spacial score (nSPS) is 11.7. The number of allylic oxidation sites excluding steroid dienone is 1. The lowest BCUT2D eigenvalue weighted by atomic mass is 10.2. The average Bonchev–Trinajstić information content (AvgIpc) is 3.02. The summed E-state index contributed by atoms with van der Waals surface area (Å²) < 4.78 is 0. The molecule has 100 valence electrons. The Balaban J connectivity index is 2.15. The lowest BCUT2D eigenvalue weighted by Crippen LogP contribution is -2.14. The molecule has 0 radical (unpaired) electrons. The number of nitrogens with zero attached hydrogens (tertiary/aromatic N) is 2. The van der Waals surface area contributed by atoms with E-state index in [1.807, 2.05) is 6.07 Å². The Morgan fingerprint density at radius 1 is 1.10 bits per heavy atom. The summed E-state index contributed by atoms with van der Waals surface area (Å²) in [4.78, 5) is 24.0. The van der Waals surface area contributed by atoms with E-state index in [2.05, 4.69) is 10.2 Å². The molecule has 0 aliphatic heterocycles. The summed E-state index contributed by atoms with van der Waals surface area (Å²) in [6.45, 7) is 0. The van der Waals surface area contributed by atoms with Crippen molar-refractivity contribution in [1.29, 1.82) is 0 Å². The highest BCUT2D eigenvalue weighted by Crippen LogP contribution is 2.16. The quantitative estimate of drug-likeness (QED) is 0.299. The minimum Gasteiger partial charge on any atom is -0.513 e. The summed E-state index contributed by atoms with van der Waals surface area (Å²) in [6, 6.07) is 11.9. The van der Waals surface area contributed by atoms with Gasteiger partial charge in [-0.1, -0.05) is 24.3 Å². The molecule has 6 heteroatoms. The van der Waals surface area contributed by atoms with E-state index in [0.717, 1.165) is 11.3 Å². The van der Waals surface area contributed by atoms with Crippen molar-refractivity contribution in [1.82, 2.24) is 0 Å². The maximum absolute atomic E-state index is 11.9. The average molecular weight is 286 g/mol. The van der Waals surface area contributed by atoms with Crippen LogP contribution in [0.3, 0.4) is 0 Å². The van der Waals surface area contributed by atoms with Gasteiger partial charge < -0.3 is 5.11 Å². The summed E-state index contributed by atoms with van der Waals surface area (Å²) in [5.41, 5.74) is 0.121. The highest BCUT2D eigenvalue weighted by molar-refractivity contribution is 7.13. The third-order valence-electron chi connectivity index (χ3n) is 2.34. The Kier molecular flexibility index (Phi) is 4.52. The van der Waals surface area contributed by atoms with Crippen LogP contribution in [-0.2, 0) is 4.79 Å². The summed E-state index contributed by atoms with van der Waals surface area (Å²) in [6.07, 6.45) is 0.486. The van der Waals surface area contributed by atoms with Crippen LogP contribution in [0, 0.1) is 0 Å².